The van der Waals surface area contributed by atoms with Gasteiger partial charge in [0.25, 0.3) is 0 Å². The Morgan fingerprint density at radius 2 is 1.66 bits per heavy atom. The monoisotopic (exact) mass is 399 g/mol. The number of methoxy groups -OCH3 is 3. The van der Waals surface area contributed by atoms with Crippen LogP contribution in [0.2, 0.25) is 0 Å². The number of amides is 2. The predicted octanol–water partition coefficient (Wildman–Crippen LogP) is 1.91. The zero-order valence-corrected chi connectivity index (χ0v) is 16.7. The molecule has 29 heavy (non-hydrogen) atoms. The summed E-state index contributed by atoms with van der Waals surface area (Å²) >= 11 is 0. The Labute approximate surface area is 169 Å². The number of carbonyl (C=O) groups excluding carboxylic acids is 2. The number of nitrogens with zero attached hydrogens (tertiary/aromatic N) is 1. The summed E-state index contributed by atoms with van der Waals surface area (Å²) in [5.74, 6) is 1.15. The summed E-state index contributed by atoms with van der Waals surface area (Å²) in [7, 11) is 4.73. The van der Waals surface area contributed by atoms with Gasteiger partial charge in [-0.1, -0.05) is 6.07 Å². The summed E-state index contributed by atoms with van der Waals surface area (Å²) in [6.07, 6.45) is 1.79. The molecule has 2 aromatic rings. The molecule has 0 heterocycles. The number of ether oxygens (including phenoxy) is 3. The van der Waals surface area contributed by atoms with Gasteiger partial charge in [0.15, 0.2) is 11.5 Å². The van der Waals surface area contributed by atoms with Crippen molar-refractivity contribution in [3.63, 3.8) is 0 Å². The van der Waals surface area contributed by atoms with E-state index in [0.717, 1.165) is 16.9 Å². The molecule has 2 aromatic carbocycles. The quantitative estimate of drug-likeness (QED) is 0.361. The third-order valence-corrected chi connectivity index (χ3v) is 4.02. The number of hydrogen-bond acceptors (Lipinski definition) is 6. The van der Waals surface area contributed by atoms with Gasteiger partial charge in [0.2, 0.25) is 11.8 Å². The van der Waals surface area contributed by atoms with E-state index in [2.05, 4.69) is 15.8 Å². The van der Waals surface area contributed by atoms with Crippen LogP contribution in [0.5, 0.6) is 17.2 Å². The molecule has 2 amide bonds. The Morgan fingerprint density at radius 1 is 0.931 bits per heavy atom. The van der Waals surface area contributed by atoms with E-state index in [-0.39, 0.29) is 12.3 Å². The largest absolute Gasteiger partial charge is 0.497 e. The molecule has 0 aromatic heterocycles. The van der Waals surface area contributed by atoms with Crippen LogP contribution in [0.25, 0.3) is 0 Å². The highest BCUT2D eigenvalue weighted by Crippen LogP contribution is 2.27. The third-order valence-electron chi connectivity index (χ3n) is 4.02. The predicted molar refractivity (Wildman–Crippen MR) is 110 cm³/mol. The minimum Gasteiger partial charge on any atom is -0.497 e. The summed E-state index contributed by atoms with van der Waals surface area (Å²) in [4.78, 5) is 23.7. The lowest BCUT2D eigenvalue weighted by Gasteiger charge is -2.10. The lowest BCUT2D eigenvalue weighted by Crippen LogP contribution is -2.31. The van der Waals surface area contributed by atoms with E-state index >= 15 is 0 Å². The van der Waals surface area contributed by atoms with Gasteiger partial charge < -0.3 is 19.5 Å². The van der Waals surface area contributed by atoms with Gasteiger partial charge in [-0.05, 0) is 53.9 Å². The highest BCUT2D eigenvalue weighted by Gasteiger charge is 2.09. The first-order valence-corrected chi connectivity index (χ1v) is 8.99. The van der Waals surface area contributed by atoms with Crippen molar-refractivity contribution in [3.8, 4) is 17.2 Å². The molecule has 8 heteroatoms. The normalized spacial score (nSPS) is 10.4. The molecule has 154 valence electrons. The second-order valence-electron chi connectivity index (χ2n) is 6.03. The maximum atomic E-state index is 11.9. The van der Waals surface area contributed by atoms with Crippen LogP contribution in [0.4, 0.5) is 0 Å². The molecule has 0 atom stereocenters. The van der Waals surface area contributed by atoms with Gasteiger partial charge in [0.05, 0.1) is 27.5 Å². The number of hydrazone groups is 1. The Hall–Kier alpha value is -3.55. The van der Waals surface area contributed by atoms with Crippen LogP contribution >= 0.6 is 0 Å². The molecule has 0 spiro atoms. The minimum absolute atomic E-state index is 0.300. The Balaban J connectivity index is 1.71. The van der Waals surface area contributed by atoms with Crippen molar-refractivity contribution in [2.75, 3.05) is 27.9 Å². The molecular formula is C21H25N3O5. The SMILES string of the molecule is COc1ccc(C=NNC(=O)CC(=O)NCCc2ccc(OC)c(OC)c2)cc1. The van der Waals surface area contributed by atoms with Gasteiger partial charge >= 0.3 is 0 Å². The molecule has 0 aliphatic carbocycles. The van der Waals surface area contributed by atoms with E-state index in [1.54, 1.807) is 45.6 Å². The molecule has 2 N–H and O–H groups in total. The van der Waals surface area contributed by atoms with Crippen LogP contribution in [0.3, 0.4) is 0 Å². The molecule has 8 nitrogen and oxygen atoms in total. The van der Waals surface area contributed by atoms with Gasteiger partial charge in [-0.2, -0.15) is 5.10 Å². The molecular weight excluding hydrogens is 374 g/mol. The molecule has 0 radical (unpaired) electrons. The molecule has 0 fully saturated rings. The summed E-state index contributed by atoms with van der Waals surface area (Å²) in [6.45, 7) is 0.400. The third kappa shape index (κ3) is 7.17. The van der Waals surface area contributed by atoms with Gasteiger partial charge in [0.1, 0.15) is 12.2 Å². The first-order chi connectivity index (χ1) is 14.0. The van der Waals surface area contributed by atoms with Crippen LogP contribution in [-0.2, 0) is 16.0 Å². The minimum atomic E-state index is -0.488. The average molecular weight is 399 g/mol. The summed E-state index contributed by atoms with van der Waals surface area (Å²) < 4.78 is 15.5. The van der Waals surface area contributed by atoms with Crippen LogP contribution < -0.4 is 25.0 Å². The molecule has 0 aliphatic rings. The van der Waals surface area contributed by atoms with Crippen molar-refractivity contribution in [1.82, 2.24) is 10.7 Å². The molecule has 0 unspecified atom stereocenters. The summed E-state index contributed by atoms with van der Waals surface area (Å²) in [6, 6.07) is 12.7. The number of benzene rings is 2. The van der Waals surface area contributed by atoms with Crippen molar-refractivity contribution in [1.29, 1.82) is 0 Å². The van der Waals surface area contributed by atoms with Gasteiger partial charge in [-0.25, -0.2) is 5.43 Å². The molecule has 0 saturated heterocycles. The first-order valence-electron chi connectivity index (χ1n) is 8.99. The summed E-state index contributed by atoms with van der Waals surface area (Å²) in [5.41, 5.74) is 4.11. The van der Waals surface area contributed by atoms with E-state index < -0.39 is 5.91 Å². The lowest BCUT2D eigenvalue weighted by molar-refractivity contribution is -0.129. The van der Waals surface area contributed by atoms with E-state index in [9.17, 15) is 9.59 Å². The standard InChI is InChI=1S/C21H25N3O5/c1-27-17-7-4-16(5-8-17)14-23-24-21(26)13-20(25)22-11-10-15-6-9-18(28-2)19(12-15)29-3/h4-9,12,14H,10-11,13H2,1-3H3,(H,22,25)(H,24,26). The maximum Gasteiger partial charge on any atom is 0.249 e. The number of hydrogen-bond donors (Lipinski definition) is 2. The zero-order chi connectivity index (χ0) is 21.1. The fraction of sp³-hybridized carbons (Fsp3) is 0.286. The molecule has 0 saturated carbocycles. The van der Waals surface area contributed by atoms with E-state index in [0.29, 0.717) is 24.5 Å². The smallest absolute Gasteiger partial charge is 0.249 e. The van der Waals surface area contributed by atoms with E-state index in [4.69, 9.17) is 14.2 Å². The van der Waals surface area contributed by atoms with Crippen LogP contribution in [0.15, 0.2) is 47.6 Å². The van der Waals surface area contributed by atoms with Crippen LogP contribution in [-0.4, -0.2) is 45.9 Å². The second kappa shape index (κ2) is 11.3. The molecule has 0 aliphatic heterocycles. The van der Waals surface area contributed by atoms with Gasteiger partial charge in [-0.3, -0.25) is 9.59 Å². The van der Waals surface area contributed by atoms with Crippen LogP contribution in [0, 0.1) is 0 Å². The fourth-order valence-electron chi connectivity index (χ4n) is 2.50. The Morgan fingerprint density at radius 3 is 2.31 bits per heavy atom. The van der Waals surface area contributed by atoms with E-state index in [1.807, 2.05) is 18.2 Å². The van der Waals surface area contributed by atoms with Crippen molar-refractivity contribution in [3.05, 3.63) is 53.6 Å². The topological polar surface area (TPSA) is 98.2 Å². The zero-order valence-electron chi connectivity index (χ0n) is 16.7. The van der Waals surface area contributed by atoms with Crippen LogP contribution in [0.1, 0.15) is 17.5 Å². The fourth-order valence-corrected chi connectivity index (χ4v) is 2.50. The van der Waals surface area contributed by atoms with Crippen molar-refractivity contribution in [2.45, 2.75) is 12.8 Å². The first kappa shape index (κ1) is 21.7. The highest BCUT2D eigenvalue weighted by atomic mass is 16.5. The Kier molecular flexibility index (Phi) is 8.50. The van der Waals surface area contributed by atoms with Crippen molar-refractivity contribution in [2.24, 2.45) is 5.10 Å². The lowest BCUT2D eigenvalue weighted by atomic mass is 10.1. The van der Waals surface area contributed by atoms with E-state index in [1.165, 1.54) is 6.21 Å². The van der Waals surface area contributed by atoms with Gasteiger partial charge in [0, 0.05) is 6.54 Å². The second-order valence-corrected chi connectivity index (χ2v) is 6.03. The molecule has 0 bridgehead atoms. The highest BCUT2D eigenvalue weighted by molar-refractivity contribution is 5.97. The summed E-state index contributed by atoms with van der Waals surface area (Å²) in [5, 5.41) is 6.55. The van der Waals surface area contributed by atoms with Crippen molar-refractivity contribution >= 4 is 18.0 Å². The Bertz CT molecular complexity index is 850. The maximum absolute atomic E-state index is 11.9. The number of carbonyl (C=O) groups is 2. The number of rotatable bonds is 10. The van der Waals surface area contributed by atoms with Crippen molar-refractivity contribution < 1.29 is 23.8 Å². The van der Waals surface area contributed by atoms with Gasteiger partial charge in [-0.15, -0.1) is 0 Å². The average Bonchev–Trinajstić information content (AvgIpc) is 2.74. The number of nitrogens with one attached hydrogen (secondary N) is 2. The molecule has 2 rings (SSSR count).